The van der Waals surface area contributed by atoms with E-state index in [9.17, 15) is 9.59 Å². The minimum atomic E-state index is -0.139. The number of nitrogens with one attached hydrogen (secondary N) is 1. The molecule has 0 saturated heterocycles. The maximum atomic E-state index is 12.6. The number of nitrogens with zero attached hydrogens (tertiary/aromatic N) is 3. The summed E-state index contributed by atoms with van der Waals surface area (Å²) in [6.07, 6.45) is 0.224. The summed E-state index contributed by atoms with van der Waals surface area (Å²) in [4.78, 5) is 29.4. The van der Waals surface area contributed by atoms with E-state index in [1.54, 1.807) is 9.13 Å². The molecule has 0 bridgehead atoms. The highest BCUT2D eigenvalue weighted by atomic mass is 32.1. The maximum absolute atomic E-state index is 12.6. The number of thiazole rings is 1. The second-order valence-electron chi connectivity index (χ2n) is 7.25. The van der Waals surface area contributed by atoms with Gasteiger partial charge in [0.05, 0.1) is 16.7 Å². The van der Waals surface area contributed by atoms with Crippen molar-refractivity contribution in [3.05, 3.63) is 45.8 Å². The molecule has 6 nitrogen and oxygen atoms in total. The van der Waals surface area contributed by atoms with Crippen molar-refractivity contribution >= 4 is 33.4 Å². The number of imidazole rings is 1. The summed E-state index contributed by atoms with van der Waals surface area (Å²) in [6, 6.07) is 7.67. The fourth-order valence-electron chi connectivity index (χ4n) is 2.86. The fraction of sp³-hybridized carbons (Fsp3) is 0.421. The van der Waals surface area contributed by atoms with Crippen molar-refractivity contribution in [3.8, 4) is 0 Å². The van der Waals surface area contributed by atoms with Gasteiger partial charge in [0.1, 0.15) is 0 Å². The third kappa shape index (κ3) is 3.58. The van der Waals surface area contributed by atoms with Crippen LogP contribution in [-0.2, 0) is 23.3 Å². The van der Waals surface area contributed by atoms with Crippen LogP contribution in [-0.4, -0.2) is 20.0 Å². The van der Waals surface area contributed by atoms with Gasteiger partial charge >= 0.3 is 5.69 Å². The number of aromatic nitrogens is 3. The van der Waals surface area contributed by atoms with Crippen molar-refractivity contribution in [2.24, 2.45) is 0 Å². The summed E-state index contributed by atoms with van der Waals surface area (Å²) < 4.78 is 3.39. The summed E-state index contributed by atoms with van der Waals surface area (Å²) in [6.45, 7) is 9.15. The van der Waals surface area contributed by atoms with E-state index in [-0.39, 0.29) is 23.4 Å². The molecular formula is C19H24N4O2S. The number of para-hydroxylation sites is 2. The Morgan fingerprint density at radius 2 is 1.85 bits per heavy atom. The number of fused-ring (bicyclic) bond motifs is 1. The third-order valence-electron chi connectivity index (χ3n) is 4.32. The number of anilines is 1. The zero-order valence-electron chi connectivity index (χ0n) is 15.6. The number of carbonyl (C=O) groups is 1. The van der Waals surface area contributed by atoms with Gasteiger partial charge in [-0.05, 0) is 19.1 Å². The van der Waals surface area contributed by atoms with Gasteiger partial charge in [-0.2, -0.15) is 0 Å². The summed E-state index contributed by atoms with van der Waals surface area (Å²) >= 11 is 1.42. The number of rotatable bonds is 5. The SMILES string of the molecule is CCn1c(=O)n(CCC(=O)Nc2nc(C(C)(C)C)cs2)c2ccccc21. The molecular weight excluding hydrogens is 348 g/mol. The van der Waals surface area contributed by atoms with Gasteiger partial charge in [0.15, 0.2) is 5.13 Å². The Morgan fingerprint density at radius 1 is 1.19 bits per heavy atom. The number of aryl methyl sites for hydroxylation is 2. The van der Waals surface area contributed by atoms with Crippen LogP contribution < -0.4 is 11.0 Å². The third-order valence-corrected chi connectivity index (χ3v) is 5.08. The van der Waals surface area contributed by atoms with Crippen molar-refractivity contribution in [3.63, 3.8) is 0 Å². The van der Waals surface area contributed by atoms with Gasteiger partial charge in [0, 0.05) is 30.3 Å². The van der Waals surface area contributed by atoms with Crippen LogP contribution in [0.1, 0.15) is 39.8 Å². The first kappa shape index (κ1) is 18.4. The van der Waals surface area contributed by atoms with Crippen LogP contribution in [0.5, 0.6) is 0 Å². The molecule has 0 aliphatic carbocycles. The highest BCUT2D eigenvalue weighted by Crippen LogP contribution is 2.26. The molecule has 0 fully saturated rings. The predicted molar refractivity (Wildman–Crippen MR) is 106 cm³/mol. The molecule has 1 amide bonds. The molecule has 2 heterocycles. The van der Waals surface area contributed by atoms with Crippen LogP contribution in [0.4, 0.5) is 5.13 Å². The number of hydrogen-bond donors (Lipinski definition) is 1. The van der Waals surface area contributed by atoms with E-state index in [2.05, 4.69) is 31.1 Å². The molecule has 1 N–H and O–H groups in total. The van der Waals surface area contributed by atoms with E-state index >= 15 is 0 Å². The maximum Gasteiger partial charge on any atom is 0.329 e. The van der Waals surface area contributed by atoms with Gasteiger partial charge in [-0.1, -0.05) is 32.9 Å². The average molecular weight is 372 g/mol. The minimum Gasteiger partial charge on any atom is -0.302 e. The molecule has 7 heteroatoms. The lowest BCUT2D eigenvalue weighted by molar-refractivity contribution is -0.116. The van der Waals surface area contributed by atoms with E-state index in [1.165, 1.54) is 11.3 Å². The van der Waals surface area contributed by atoms with E-state index in [0.29, 0.717) is 18.2 Å². The smallest absolute Gasteiger partial charge is 0.302 e. The molecule has 0 unspecified atom stereocenters. The van der Waals surface area contributed by atoms with Gasteiger partial charge in [0.2, 0.25) is 5.91 Å². The highest BCUT2D eigenvalue weighted by Gasteiger charge is 2.18. The van der Waals surface area contributed by atoms with Gasteiger partial charge in [-0.15, -0.1) is 11.3 Å². The lowest BCUT2D eigenvalue weighted by atomic mass is 9.93. The molecule has 0 spiro atoms. The van der Waals surface area contributed by atoms with Gasteiger partial charge < -0.3 is 5.32 Å². The predicted octanol–water partition coefficient (Wildman–Crippen LogP) is 3.61. The lowest BCUT2D eigenvalue weighted by Crippen LogP contribution is -2.25. The van der Waals surface area contributed by atoms with Crippen molar-refractivity contribution < 1.29 is 4.79 Å². The topological polar surface area (TPSA) is 68.9 Å². The molecule has 0 aliphatic rings. The molecule has 26 heavy (non-hydrogen) atoms. The van der Waals surface area contributed by atoms with E-state index < -0.39 is 0 Å². The van der Waals surface area contributed by atoms with Crippen LogP contribution in [0.15, 0.2) is 34.4 Å². The quantitative estimate of drug-likeness (QED) is 0.744. The first-order chi connectivity index (χ1) is 12.3. The number of amides is 1. The normalized spacial score (nSPS) is 11.8. The standard InChI is InChI=1S/C19H24N4O2S/c1-5-22-13-8-6-7-9-14(13)23(18(22)25)11-10-16(24)21-17-20-15(12-26-17)19(2,3)4/h6-9,12H,5,10-11H2,1-4H3,(H,20,21,24). The molecule has 1 aromatic carbocycles. The first-order valence-corrected chi connectivity index (χ1v) is 9.63. The van der Waals surface area contributed by atoms with Crippen LogP contribution in [0, 0.1) is 0 Å². The molecule has 0 atom stereocenters. The molecule has 0 radical (unpaired) electrons. The zero-order chi connectivity index (χ0) is 18.9. The Balaban J connectivity index is 1.72. The zero-order valence-corrected chi connectivity index (χ0v) is 16.4. The molecule has 0 saturated carbocycles. The summed E-state index contributed by atoms with van der Waals surface area (Å²) in [5.41, 5.74) is 2.59. The fourth-order valence-corrected chi connectivity index (χ4v) is 3.82. The van der Waals surface area contributed by atoms with Gasteiger partial charge in [-0.3, -0.25) is 13.9 Å². The van der Waals surface area contributed by atoms with E-state index in [4.69, 9.17) is 0 Å². The molecule has 3 rings (SSSR count). The molecule has 3 aromatic rings. The van der Waals surface area contributed by atoms with Crippen molar-refractivity contribution in [2.45, 2.75) is 52.6 Å². The van der Waals surface area contributed by atoms with Crippen LogP contribution in [0.25, 0.3) is 11.0 Å². The minimum absolute atomic E-state index is 0.0469. The van der Waals surface area contributed by atoms with Crippen molar-refractivity contribution in [1.29, 1.82) is 0 Å². The lowest BCUT2D eigenvalue weighted by Gasteiger charge is -2.14. The number of carbonyl (C=O) groups excluding carboxylic acids is 1. The monoisotopic (exact) mass is 372 g/mol. The Morgan fingerprint density at radius 3 is 2.42 bits per heavy atom. The van der Waals surface area contributed by atoms with Crippen LogP contribution in [0.3, 0.4) is 0 Å². The first-order valence-electron chi connectivity index (χ1n) is 8.75. The van der Waals surface area contributed by atoms with Crippen molar-refractivity contribution in [1.82, 2.24) is 14.1 Å². The van der Waals surface area contributed by atoms with Crippen LogP contribution >= 0.6 is 11.3 Å². The second-order valence-corrected chi connectivity index (χ2v) is 8.11. The van der Waals surface area contributed by atoms with E-state index in [0.717, 1.165) is 16.7 Å². The van der Waals surface area contributed by atoms with Crippen LogP contribution in [0.2, 0.25) is 0 Å². The summed E-state index contributed by atoms with van der Waals surface area (Å²) in [7, 11) is 0. The average Bonchev–Trinajstić information content (AvgIpc) is 3.15. The number of hydrogen-bond acceptors (Lipinski definition) is 4. The van der Waals surface area contributed by atoms with Gasteiger partial charge in [-0.25, -0.2) is 9.78 Å². The molecule has 0 aliphatic heterocycles. The summed E-state index contributed by atoms with van der Waals surface area (Å²) in [5, 5.41) is 5.41. The second kappa shape index (κ2) is 7.07. The molecule has 2 aromatic heterocycles. The number of benzene rings is 1. The Kier molecular flexibility index (Phi) is 5.00. The van der Waals surface area contributed by atoms with Crippen molar-refractivity contribution in [2.75, 3.05) is 5.32 Å². The summed E-state index contributed by atoms with van der Waals surface area (Å²) in [5.74, 6) is -0.139. The Hall–Kier alpha value is -2.41. The van der Waals surface area contributed by atoms with E-state index in [1.807, 2.05) is 36.6 Å². The molecule has 138 valence electrons. The van der Waals surface area contributed by atoms with Gasteiger partial charge in [0.25, 0.3) is 0 Å². The largest absolute Gasteiger partial charge is 0.329 e. The highest BCUT2D eigenvalue weighted by molar-refractivity contribution is 7.13. The Bertz CT molecular complexity index is 991. The Labute approximate surface area is 156 Å².